The van der Waals surface area contributed by atoms with Gasteiger partial charge in [0.15, 0.2) is 11.4 Å². The van der Waals surface area contributed by atoms with Crippen LogP contribution in [0.1, 0.15) is 48.9 Å². The first-order valence-corrected chi connectivity index (χ1v) is 12.1. The molecule has 1 saturated carbocycles. The van der Waals surface area contributed by atoms with Gasteiger partial charge in [-0.25, -0.2) is 4.98 Å². The predicted octanol–water partition coefficient (Wildman–Crippen LogP) is 6.84. The second-order valence-electron chi connectivity index (χ2n) is 8.74. The molecule has 1 aliphatic carbocycles. The summed E-state index contributed by atoms with van der Waals surface area (Å²) in [5.74, 6) is 2.63. The van der Waals surface area contributed by atoms with Crippen LogP contribution in [0.5, 0.6) is 11.5 Å². The summed E-state index contributed by atoms with van der Waals surface area (Å²) in [6, 6.07) is 22.7. The Bertz CT molecular complexity index is 1260. The highest BCUT2D eigenvalue weighted by Crippen LogP contribution is 2.30. The van der Waals surface area contributed by atoms with Crippen LogP contribution in [-0.2, 0) is 6.61 Å². The van der Waals surface area contributed by atoms with E-state index in [4.69, 9.17) is 14.5 Å². The van der Waals surface area contributed by atoms with Crippen LogP contribution in [-0.4, -0.2) is 22.5 Å². The van der Waals surface area contributed by atoms with Crippen molar-refractivity contribution < 1.29 is 9.47 Å². The van der Waals surface area contributed by atoms with Gasteiger partial charge in [0.05, 0.1) is 7.11 Å². The summed E-state index contributed by atoms with van der Waals surface area (Å²) in [4.78, 5) is 5.01. The third-order valence-corrected chi connectivity index (χ3v) is 6.38. The number of anilines is 1. The van der Waals surface area contributed by atoms with Crippen molar-refractivity contribution >= 4 is 23.6 Å². The molecule has 2 aromatic heterocycles. The number of hydrogen-bond donors (Lipinski definition) is 1. The Morgan fingerprint density at radius 1 is 0.912 bits per heavy atom. The van der Waals surface area contributed by atoms with Crippen LogP contribution in [0.3, 0.4) is 0 Å². The maximum atomic E-state index is 6.21. The predicted molar refractivity (Wildman–Crippen MR) is 138 cm³/mol. The van der Waals surface area contributed by atoms with E-state index in [1.54, 1.807) is 7.11 Å². The number of imidazole rings is 1. The first kappa shape index (κ1) is 22.1. The SMILES string of the molecule is COc1ccccc1/C=C/c1nc2c(OCc3ccccc3)cccn2c1NC1CCCCC1. The number of hydrogen-bond acceptors (Lipinski definition) is 4. The minimum atomic E-state index is 0.459. The molecule has 1 N–H and O–H groups in total. The van der Waals surface area contributed by atoms with Gasteiger partial charge in [0, 0.05) is 17.8 Å². The van der Waals surface area contributed by atoms with Crippen LogP contribution >= 0.6 is 0 Å². The zero-order valence-electron chi connectivity index (χ0n) is 19.6. The van der Waals surface area contributed by atoms with Crippen molar-refractivity contribution in [3.8, 4) is 11.5 Å². The molecule has 0 atom stereocenters. The fourth-order valence-corrected chi connectivity index (χ4v) is 4.58. The van der Waals surface area contributed by atoms with E-state index < -0.39 is 0 Å². The molecule has 5 nitrogen and oxygen atoms in total. The molecule has 2 heterocycles. The quantitative estimate of drug-likeness (QED) is 0.317. The third kappa shape index (κ3) is 4.93. The fraction of sp³-hybridized carbons (Fsp3) is 0.276. The van der Waals surface area contributed by atoms with Gasteiger partial charge in [0.1, 0.15) is 23.9 Å². The van der Waals surface area contributed by atoms with Gasteiger partial charge < -0.3 is 14.8 Å². The average Bonchev–Trinajstić information content (AvgIpc) is 3.25. The number of para-hydroxylation sites is 1. The Morgan fingerprint density at radius 2 is 1.68 bits per heavy atom. The molecule has 5 rings (SSSR count). The highest BCUT2D eigenvalue weighted by atomic mass is 16.5. The average molecular weight is 454 g/mol. The Kier molecular flexibility index (Phi) is 6.80. The van der Waals surface area contributed by atoms with Crippen LogP contribution in [0.15, 0.2) is 72.9 Å². The molecule has 0 saturated heterocycles. The summed E-state index contributed by atoms with van der Waals surface area (Å²) in [7, 11) is 1.70. The molecule has 1 aliphatic rings. The molecule has 34 heavy (non-hydrogen) atoms. The van der Waals surface area contributed by atoms with Crippen molar-refractivity contribution in [2.75, 3.05) is 12.4 Å². The third-order valence-electron chi connectivity index (χ3n) is 6.38. The summed E-state index contributed by atoms with van der Waals surface area (Å²) >= 11 is 0. The summed E-state index contributed by atoms with van der Waals surface area (Å²) in [5.41, 5.74) is 3.86. The number of ether oxygens (including phenoxy) is 2. The molecule has 0 spiro atoms. The molecule has 174 valence electrons. The molecule has 0 amide bonds. The highest BCUT2D eigenvalue weighted by molar-refractivity contribution is 5.78. The summed E-state index contributed by atoms with van der Waals surface area (Å²) in [5, 5.41) is 3.80. The molecular weight excluding hydrogens is 422 g/mol. The lowest BCUT2D eigenvalue weighted by molar-refractivity contribution is 0.308. The number of pyridine rings is 1. The van der Waals surface area contributed by atoms with Crippen molar-refractivity contribution in [1.82, 2.24) is 9.38 Å². The number of nitrogens with zero attached hydrogens (tertiary/aromatic N) is 2. The van der Waals surface area contributed by atoms with Gasteiger partial charge in [-0.05, 0) is 48.8 Å². The zero-order chi connectivity index (χ0) is 23.2. The number of benzene rings is 2. The van der Waals surface area contributed by atoms with Crippen molar-refractivity contribution in [2.45, 2.75) is 44.8 Å². The molecule has 2 aromatic carbocycles. The van der Waals surface area contributed by atoms with Gasteiger partial charge in [-0.2, -0.15) is 0 Å². The summed E-state index contributed by atoms with van der Waals surface area (Å²) in [6.07, 6.45) is 12.4. The zero-order valence-corrected chi connectivity index (χ0v) is 19.6. The van der Waals surface area contributed by atoms with Crippen molar-refractivity contribution in [2.24, 2.45) is 0 Å². The number of aromatic nitrogens is 2. The van der Waals surface area contributed by atoms with Crippen LogP contribution in [0.25, 0.3) is 17.8 Å². The minimum absolute atomic E-state index is 0.459. The smallest absolute Gasteiger partial charge is 0.181 e. The van der Waals surface area contributed by atoms with Crippen LogP contribution < -0.4 is 14.8 Å². The van der Waals surface area contributed by atoms with Crippen molar-refractivity contribution in [3.05, 3.63) is 89.7 Å². The molecule has 4 aromatic rings. The van der Waals surface area contributed by atoms with Gasteiger partial charge in [-0.15, -0.1) is 0 Å². The Balaban J connectivity index is 1.50. The minimum Gasteiger partial charge on any atom is -0.496 e. The normalized spacial score (nSPS) is 14.5. The van der Waals surface area contributed by atoms with E-state index in [1.165, 1.54) is 32.1 Å². The van der Waals surface area contributed by atoms with Crippen molar-refractivity contribution in [1.29, 1.82) is 0 Å². The Labute approximate surface area is 201 Å². The Hall–Kier alpha value is -3.73. The highest BCUT2D eigenvalue weighted by Gasteiger charge is 2.19. The number of fused-ring (bicyclic) bond motifs is 1. The van der Waals surface area contributed by atoms with Gasteiger partial charge in [0.25, 0.3) is 0 Å². The van der Waals surface area contributed by atoms with E-state index in [0.29, 0.717) is 12.6 Å². The van der Waals surface area contributed by atoms with Crippen LogP contribution in [0.4, 0.5) is 5.82 Å². The van der Waals surface area contributed by atoms with Crippen LogP contribution in [0, 0.1) is 0 Å². The van der Waals surface area contributed by atoms with Gasteiger partial charge in [-0.1, -0.05) is 67.8 Å². The first-order chi connectivity index (χ1) is 16.8. The second kappa shape index (κ2) is 10.5. The second-order valence-corrected chi connectivity index (χ2v) is 8.74. The maximum Gasteiger partial charge on any atom is 0.181 e. The molecule has 5 heteroatoms. The van der Waals surface area contributed by atoms with E-state index in [9.17, 15) is 0 Å². The fourth-order valence-electron chi connectivity index (χ4n) is 4.58. The maximum absolute atomic E-state index is 6.21. The lowest BCUT2D eigenvalue weighted by Crippen LogP contribution is -2.23. The summed E-state index contributed by atoms with van der Waals surface area (Å²) < 4.78 is 13.9. The monoisotopic (exact) mass is 453 g/mol. The molecule has 1 fully saturated rings. The number of methoxy groups -OCH3 is 1. The summed E-state index contributed by atoms with van der Waals surface area (Å²) in [6.45, 7) is 0.505. The lowest BCUT2D eigenvalue weighted by Gasteiger charge is -2.24. The Morgan fingerprint density at radius 3 is 2.50 bits per heavy atom. The number of rotatable bonds is 8. The number of nitrogens with one attached hydrogen (secondary N) is 1. The van der Waals surface area contributed by atoms with Gasteiger partial charge in [0.2, 0.25) is 0 Å². The van der Waals surface area contributed by atoms with Crippen molar-refractivity contribution in [3.63, 3.8) is 0 Å². The molecule has 0 radical (unpaired) electrons. The van der Waals surface area contributed by atoms with E-state index >= 15 is 0 Å². The van der Waals surface area contributed by atoms with E-state index in [2.05, 4.69) is 40.2 Å². The topological polar surface area (TPSA) is 47.8 Å². The first-order valence-electron chi connectivity index (χ1n) is 12.1. The lowest BCUT2D eigenvalue weighted by atomic mass is 9.95. The van der Waals surface area contributed by atoms with Gasteiger partial charge >= 0.3 is 0 Å². The van der Waals surface area contributed by atoms with E-state index in [0.717, 1.165) is 39.8 Å². The van der Waals surface area contributed by atoms with E-state index in [-0.39, 0.29) is 0 Å². The standard InChI is InChI=1S/C29H31N3O2/c1-33-26-16-9-8-13-23(26)18-19-25-28(30-24-14-6-3-7-15-24)32-20-10-17-27(29(32)31-25)34-21-22-11-4-2-5-12-22/h2,4-5,8-13,16-20,24,30H,3,6-7,14-15,21H2,1H3/b19-18+. The largest absolute Gasteiger partial charge is 0.496 e. The molecule has 0 unspecified atom stereocenters. The van der Waals surface area contributed by atoms with Crippen LogP contribution in [0.2, 0.25) is 0 Å². The van der Waals surface area contributed by atoms with E-state index in [1.807, 2.05) is 54.6 Å². The molecule has 0 bridgehead atoms. The molecule has 0 aliphatic heterocycles. The van der Waals surface area contributed by atoms with Gasteiger partial charge in [-0.3, -0.25) is 4.40 Å². The molecular formula is C29H31N3O2.